The highest BCUT2D eigenvalue weighted by molar-refractivity contribution is 5.81. The maximum atomic E-state index is 11.9. The third-order valence-electron chi connectivity index (χ3n) is 4.25. The van der Waals surface area contributed by atoms with E-state index in [4.69, 9.17) is 9.15 Å². The second-order valence-corrected chi connectivity index (χ2v) is 6.09. The molecule has 23 heavy (non-hydrogen) atoms. The van der Waals surface area contributed by atoms with E-state index < -0.39 is 0 Å². The lowest BCUT2D eigenvalue weighted by Crippen LogP contribution is -3.10. The van der Waals surface area contributed by atoms with Crippen LogP contribution in [0.25, 0.3) is 11.0 Å². The molecule has 0 aliphatic rings. The van der Waals surface area contributed by atoms with Crippen molar-refractivity contribution in [1.82, 2.24) is 0 Å². The average Bonchev–Trinajstić information content (AvgIpc) is 2.56. The summed E-state index contributed by atoms with van der Waals surface area (Å²) in [6, 6.07) is 7.35. The third kappa shape index (κ3) is 4.83. The fourth-order valence-electron chi connectivity index (χ4n) is 2.91. The molecule has 0 radical (unpaired) electrons. The Morgan fingerprint density at radius 3 is 2.39 bits per heavy atom. The van der Waals surface area contributed by atoms with Crippen molar-refractivity contribution in [2.75, 3.05) is 20.2 Å². The summed E-state index contributed by atoms with van der Waals surface area (Å²) in [7, 11) is 1.62. The first-order valence-electron chi connectivity index (χ1n) is 8.62. The first-order valence-corrected chi connectivity index (χ1v) is 8.62. The number of fused-ring (bicyclic) bond motifs is 1. The molecule has 0 saturated heterocycles. The van der Waals surface area contributed by atoms with E-state index in [1.807, 2.05) is 12.1 Å². The van der Waals surface area contributed by atoms with E-state index in [2.05, 4.69) is 13.8 Å². The summed E-state index contributed by atoms with van der Waals surface area (Å²) in [5.41, 5.74) is 1.39. The van der Waals surface area contributed by atoms with E-state index in [0.29, 0.717) is 11.3 Å². The van der Waals surface area contributed by atoms with Crippen LogP contribution >= 0.6 is 0 Å². The lowest BCUT2D eigenvalue weighted by Gasteiger charge is -2.20. The van der Waals surface area contributed by atoms with Gasteiger partial charge in [-0.25, -0.2) is 4.79 Å². The van der Waals surface area contributed by atoms with Crippen LogP contribution in [0.3, 0.4) is 0 Å². The molecule has 126 valence electrons. The number of quaternary nitrogens is 1. The Labute approximate surface area is 138 Å². The van der Waals surface area contributed by atoms with Gasteiger partial charge in [-0.05, 0) is 25.0 Å². The Bertz CT molecular complexity index is 670. The highest BCUT2D eigenvalue weighted by Crippen LogP contribution is 2.22. The fourth-order valence-corrected chi connectivity index (χ4v) is 2.91. The summed E-state index contributed by atoms with van der Waals surface area (Å²) < 4.78 is 10.6. The second kappa shape index (κ2) is 8.73. The van der Waals surface area contributed by atoms with Gasteiger partial charge in [-0.3, -0.25) is 0 Å². The largest absolute Gasteiger partial charge is 0.497 e. The van der Waals surface area contributed by atoms with Crippen molar-refractivity contribution in [2.24, 2.45) is 0 Å². The first-order chi connectivity index (χ1) is 11.2. The summed E-state index contributed by atoms with van der Waals surface area (Å²) in [6.45, 7) is 7.60. The fraction of sp³-hybridized carbons (Fsp3) is 0.526. The Kier molecular flexibility index (Phi) is 6.66. The normalized spacial score (nSPS) is 11.3. The quantitative estimate of drug-likeness (QED) is 0.723. The number of methoxy groups -OCH3 is 1. The Balaban J connectivity index is 2.30. The van der Waals surface area contributed by atoms with Crippen molar-refractivity contribution >= 4 is 11.0 Å². The molecule has 1 aromatic heterocycles. The minimum absolute atomic E-state index is 0.286. The van der Waals surface area contributed by atoms with E-state index in [9.17, 15) is 4.79 Å². The number of hydrogen-bond acceptors (Lipinski definition) is 3. The van der Waals surface area contributed by atoms with Gasteiger partial charge >= 0.3 is 5.63 Å². The standard InChI is InChI=1S/C19H27NO3/c1-4-6-10-20(11-7-5-2)14-15-12-19(21)23-18-13-16(22-3)8-9-17(15)18/h8-9,12-13H,4-7,10-11,14H2,1-3H3/p+1. The van der Waals surface area contributed by atoms with Crippen molar-refractivity contribution in [3.8, 4) is 5.75 Å². The zero-order valence-electron chi connectivity index (χ0n) is 14.5. The molecule has 2 aromatic rings. The zero-order chi connectivity index (χ0) is 16.7. The number of ether oxygens (including phenoxy) is 1. The zero-order valence-corrected chi connectivity index (χ0v) is 14.5. The van der Waals surface area contributed by atoms with Crippen molar-refractivity contribution in [3.05, 3.63) is 40.2 Å². The van der Waals surface area contributed by atoms with Crippen LogP contribution in [0.4, 0.5) is 0 Å². The predicted octanol–water partition coefficient (Wildman–Crippen LogP) is 2.79. The highest BCUT2D eigenvalue weighted by Gasteiger charge is 2.14. The molecular formula is C19H28NO3+. The molecule has 1 N–H and O–H groups in total. The Hall–Kier alpha value is -1.81. The number of hydrogen-bond donors (Lipinski definition) is 1. The van der Waals surface area contributed by atoms with Gasteiger partial charge in [0.05, 0.1) is 20.2 Å². The van der Waals surface area contributed by atoms with Crippen molar-refractivity contribution in [1.29, 1.82) is 0 Å². The van der Waals surface area contributed by atoms with Crippen molar-refractivity contribution in [2.45, 2.75) is 46.1 Å². The minimum atomic E-state index is -0.286. The molecule has 4 nitrogen and oxygen atoms in total. The van der Waals surface area contributed by atoms with Gasteiger partial charge in [-0.2, -0.15) is 0 Å². The van der Waals surface area contributed by atoms with E-state index in [1.54, 1.807) is 19.2 Å². The highest BCUT2D eigenvalue weighted by atomic mass is 16.5. The molecule has 4 heteroatoms. The Morgan fingerprint density at radius 2 is 1.78 bits per heavy atom. The maximum absolute atomic E-state index is 11.9. The van der Waals surface area contributed by atoms with Crippen LogP contribution in [0.1, 0.15) is 45.1 Å². The van der Waals surface area contributed by atoms with Crippen molar-refractivity contribution < 1.29 is 14.1 Å². The summed E-state index contributed by atoms with van der Waals surface area (Å²) >= 11 is 0. The van der Waals surface area contributed by atoms with Gasteiger partial charge in [0.1, 0.15) is 17.9 Å². The average molecular weight is 318 g/mol. The third-order valence-corrected chi connectivity index (χ3v) is 4.25. The summed E-state index contributed by atoms with van der Waals surface area (Å²) in [5.74, 6) is 0.707. The van der Waals surface area contributed by atoms with E-state index in [1.165, 1.54) is 30.6 Å². The van der Waals surface area contributed by atoms with Gasteiger partial charge < -0.3 is 14.1 Å². The molecule has 0 amide bonds. The molecular weight excluding hydrogens is 290 g/mol. The molecule has 0 fully saturated rings. The molecule has 2 rings (SSSR count). The van der Waals surface area contributed by atoms with E-state index in [-0.39, 0.29) is 5.63 Å². The van der Waals surface area contributed by atoms with Gasteiger partial charge in [-0.15, -0.1) is 0 Å². The van der Waals surface area contributed by atoms with Gasteiger partial charge in [-0.1, -0.05) is 26.7 Å². The van der Waals surface area contributed by atoms with Crippen LogP contribution in [-0.4, -0.2) is 20.2 Å². The van der Waals surface area contributed by atoms with Gasteiger partial charge in [0.2, 0.25) is 0 Å². The van der Waals surface area contributed by atoms with Crippen LogP contribution in [-0.2, 0) is 6.54 Å². The molecule has 0 unspecified atom stereocenters. The summed E-state index contributed by atoms with van der Waals surface area (Å²) in [4.78, 5) is 13.4. The van der Waals surface area contributed by atoms with Crippen LogP contribution in [0, 0.1) is 0 Å². The first kappa shape index (κ1) is 17.5. The molecule has 1 heterocycles. The van der Waals surface area contributed by atoms with E-state index >= 15 is 0 Å². The Morgan fingerprint density at radius 1 is 1.09 bits per heavy atom. The van der Waals surface area contributed by atoms with Gasteiger partial charge in [0.25, 0.3) is 0 Å². The molecule has 1 aromatic carbocycles. The predicted molar refractivity (Wildman–Crippen MR) is 93.3 cm³/mol. The van der Waals surface area contributed by atoms with Crippen LogP contribution in [0.15, 0.2) is 33.5 Å². The SMILES string of the molecule is CCCC[NH+](CCCC)Cc1cc(=O)oc2cc(OC)ccc12. The smallest absolute Gasteiger partial charge is 0.336 e. The lowest BCUT2D eigenvalue weighted by molar-refractivity contribution is -0.914. The number of unbranched alkanes of at least 4 members (excludes halogenated alkanes) is 2. The second-order valence-electron chi connectivity index (χ2n) is 6.09. The number of benzene rings is 1. The molecule has 0 saturated carbocycles. The molecule has 0 atom stereocenters. The molecule has 0 spiro atoms. The number of nitrogens with one attached hydrogen (secondary N) is 1. The molecule has 0 bridgehead atoms. The summed E-state index contributed by atoms with van der Waals surface area (Å²) in [6.07, 6.45) is 4.83. The summed E-state index contributed by atoms with van der Waals surface area (Å²) in [5, 5.41) is 1.01. The van der Waals surface area contributed by atoms with Gasteiger partial charge in [0, 0.05) is 23.1 Å². The minimum Gasteiger partial charge on any atom is -0.497 e. The van der Waals surface area contributed by atoms with E-state index in [0.717, 1.165) is 30.6 Å². The van der Waals surface area contributed by atoms with Crippen LogP contribution < -0.4 is 15.3 Å². The monoisotopic (exact) mass is 318 g/mol. The van der Waals surface area contributed by atoms with Crippen LogP contribution in [0.2, 0.25) is 0 Å². The molecule has 0 aliphatic heterocycles. The molecule has 0 aliphatic carbocycles. The van der Waals surface area contributed by atoms with Crippen LogP contribution in [0.5, 0.6) is 5.75 Å². The lowest BCUT2D eigenvalue weighted by atomic mass is 10.1. The van der Waals surface area contributed by atoms with Crippen molar-refractivity contribution in [3.63, 3.8) is 0 Å². The maximum Gasteiger partial charge on any atom is 0.336 e. The topological polar surface area (TPSA) is 43.9 Å². The van der Waals surface area contributed by atoms with Gasteiger partial charge in [0.15, 0.2) is 0 Å². The number of rotatable bonds is 9.